The summed E-state index contributed by atoms with van der Waals surface area (Å²) in [5, 5.41) is 4.82. The maximum Gasteiger partial charge on any atom is 0.309 e. The Balaban J connectivity index is 2.03. The molecule has 4 aromatic rings. The molecule has 1 aliphatic rings. The molecule has 142 valence electrons. The largest absolute Gasteiger partial charge is 0.408 e. The van der Waals surface area contributed by atoms with Gasteiger partial charge in [0.15, 0.2) is 0 Å². The second-order valence-corrected chi connectivity index (χ2v) is 9.18. The summed E-state index contributed by atoms with van der Waals surface area (Å²) in [6.07, 6.45) is 6.43. The Morgan fingerprint density at radius 2 is 1.57 bits per heavy atom. The zero-order valence-corrected chi connectivity index (χ0v) is 17.4. The van der Waals surface area contributed by atoms with Gasteiger partial charge in [0, 0.05) is 23.9 Å². The van der Waals surface area contributed by atoms with Crippen molar-refractivity contribution in [3.05, 3.63) is 71.8 Å². The summed E-state index contributed by atoms with van der Waals surface area (Å²) < 4.78 is 15.2. The lowest BCUT2D eigenvalue weighted by Gasteiger charge is -2.16. The highest BCUT2D eigenvalue weighted by atomic mass is 31.1. The third-order valence-electron chi connectivity index (χ3n) is 5.70. The van der Waals surface area contributed by atoms with Gasteiger partial charge in [-0.15, -0.1) is 0 Å². The summed E-state index contributed by atoms with van der Waals surface area (Å²) in [6, 6.07) is 17.5. The molecule has 1 aromatic heterocycles. The van der Waals surface area contributed by atoms with Crippen molar-refractivity contribution in [2.45, 2.75) is 32.7 Å². The Labute approximate surface area is 165 Å². The second kappa shape index (κ2) is 6.84. The molecule has 0 amide bonds. The van der Waals surface area contributed by atoms with Gasteiger partial charge in [-0.05, 0) is 60.7 Å². The molecule has 5 rings (SSSR count). The zero-order valence-electron chi connectivity index (χ0n) is 16.5. The van der Waals surface area contributed by atoms with E-state index in [-0.39, 0.29) is 0 Å². The minimum Gasteiger partial charge on any atom is -0.408 e. The molecule has 0 radical (unpaired) electrons. The van der Waals surface area contributed by atoms with E-state index in [4.69, 9.17) is 8.39 Å². The lowest BCUT2D eigenvalue weighted by atomic mass is 9.91. The average Bonchev–Trinajstić information content (AvgIpc) is 2.90. The summed E-state index contributed by atoms with van der Waals surface area (Å²) in [7, 11) is 0.847. The van der Waals surface area contributed by atoms with Crippen LogP contribution in [0.1, 0.15) is 25.0 Å². The van der Waals surface area contributed by atoms with Gasteiger partial charge in [-0.2, -0.15) is 0 Å². The highest BCUT2D eigenvalue weighted by Crippen LogP contribution is 2.41. The summed E-state index contributed by atoms with van der Waals surface area (Å²) in [5.41, 5.74) is 4.60. The molecule has 0 spiro atoms. The minimum absolute atomic E-state index is 0.331. The first kappa shape index (κ1) is 17.6. The van der Waals surface area contributed by atoms with Crippen molar-refractivity contribution in [3.8, 4) is 0 Å². The smallest absolute Gasteiger partial charge is 0.309 e. The van der Waals surface area contributed by atoms with Gasteiger partial charge >= 0.3 is 8.16 Å². The molecule has 3 aromatic carbocycles. The highest BCUT2D eigenvalue weighted by molar-refractivity contribution is 7.38. The first-order chi connectivity index (χ1) is 13.6. The molecule has 1 unspecified atom stereocenters. The van der Waals surface area contributed by atoms with Gasteiger partial charge in [0.05, 0.1) is 0 Å². The molecule has 28 heavy (non-hydrogen) atoms. The van der Waals surface area contributed by atoms with E-state index in [2.05, 4.69) is 86.2 Å². The third kappa shape index (κ3) is 2.78. The predicted molar refractivity (Wildman–Crippen MR) is 120 cm³/mol. The topological polar surface area (TPSA) is 29.5 Å². The molecule has 0 bridgehead atoms. The van der Waals surface area contributed by atoms with Gasteiger partial charge < -0.3 is 8.39 Å². The zero-order chi connectivity index (χ0) is 19.3. The van der Waals surface area contributed by atoms with Crippen LogP contribution in [0.15, 0.2) is 69.1 Å². The van der Waals surface area contributed by atoms with Crippen LogP contribution in [-0.4, -0.2) is 13.1 Å². The van der Waals surface area contributed by atoms with Crippen molar-refractivity contribution in [2.75, 3.05) is 11.7 Å². The molecule has 1 aliphatic carbocycles. The molecule has 3 nitrogen and oxygen atoms in total. The monoisotopic (exact) mass is 389 g/mol. The number of benzene rings is 3. The Bertz CT molecular complexity index is 1270. The Kier molecular flexibility index (Phi) is 4.30. The van der Waals surface area contributed by atoms with Gasteiger partial charge in [0.1, 0.15) is 11.2 Å². The Morgan fingerprint density at radius 3 is 2.39 bits per heavy atom. The SMILES string of the molecule is CC(C)N(C)p1oc2ccc3c(c2c2c(ccc4ccccc42)o1)CC=CC3. The molecule has 0 saturated heterocycles. The van der Waals surface area contributed by atoms with Crippen LogP contribution in [0, 0.1) is 0 Å². The van der Waals surface area contributed by atoms with E-state index in [1.54, 1.807) is 0 Å². The molecular weight excluding hydrogens is 365 g/mol. The number of rotatable bonds is 2. The van der Waals surface area contributed by atoms with E-state index >= 15 is 0 Å². The normalized spacial score (nSPS) is 14.4. The number of allylic oxidation sites excluding steroid dienone is 2. The third-order valence-corrected chi connectivity index (χ3v) is 7.38. The van der Waals surface area contributed by atoms with Gasteiger partial charge in [-0.3, -0.25) is 0 Å². The molecule has 1 heterocycles. The molecule has 4 heteroatoms. The number of hydrogen-bond acceptors (Lipinski definition) is 3. The van der Waals surface area contributed by atoms with Crippen molar-refractivity contribution in [1.29, 1.82) is 0 Å². The quantitative estimate of drug-likeness (QED) is 0.343. The molecular formula is C24H24NO2P. The maximum atomic E-state index is 6.52. The van der Waals surface area contributed by atoms with Crippen LogP contribution in [0.2, 0.25) is 0 Å². The lowest BCUT2D eigenvalue weighted by molar-refractivity contribution is 0.615. The molecule has 0 saturated carbocycles. The van der Waals surface area contributed by atoms with Gasteiger partial charge in [-0.25, -0.2) is 4.67 Å². The van der Waals surface area contributed by atoms with Crippen LogP contribution in [0.4, 0.5) is 0 Å². The number of hydrogen-bond donors (Lipinski definition) is 0. The van der Waals surface area contributed by atoms with Crippen LogP contribution >= 0.6 is 8.16 Å². The Hall–Kier alpha value is -2.48. The standard InChI is InChI=1S/C24H24NO2P/c1-16(2)25(3)28-26-21-14-12-17-8-4-6-10-19(17)23(21)24-20-11-7-5-9-18(20)13-15-22(24)27-28/h4-8,10,12-16H,9,11H2,1-3H3. The van der Waals surface area contributed by atoms with Crippen LogP contribution in [0.5, 0.6) is 0 Å². The van der Waals surface area contributed by atoms with E-state index < -0.39 is 8.16 Å². The van der Waals surface area contributed by atoms with Crippen LogP contribution < -0.4 is 4.67 Å². The van der Waals surface area contributed by atoms with Gasteiger partial charge in [0.25, 0.3) is 0 Å². The number of nitrogens with zero attached hydrogens (tertiary/aromatic N) is 1. The van der Waals surface area contributed by atoms with E-state index in [1.165, 1.54) is 32.7 Å². The van der Waals surface area contributed by atoms with Crippen molar-refractivity contribution >= 4 is 40.9 Å². The summed E-state index contributed by atoms with van der Waals surface area (Å²) >= 11 is 0. The number of fused-ring (bicyclic) bond motifs is 7. The fraction of sp³-hybridized carbons (Fsp3) is 0.250. The van der Waals surface area contributed by atoms with Crippen LogP contribution in [0.25, 0.3) is 32.7 Å². The Morgan fingerprint density at radius 1 is 0.857 bits per heavy atom. The van der Waals surface area contributed by atoms with Crippen LogP contribution in [0.3, 0.4) is 0 Å². The first-order valence-corrected chi connectivity index (χ1v) is 11.0. The summed E-state index contributed by atoms with van der Waals surface area (Å²) in [4.78, 5) is 0. The fourth-order valence-electron chi connectivity index (χ4n) is 3.95. The highest BCUT2D eigenvalue weighted by Gasteiger charge is 2.18. The van der Waals surface area contributed by atoms with E-state index in [0.29, 0.717) is 6.04 Å². The van der Waals surface area contributed by atoms with Crippen LogP contribution in [-0.2, 0) is 12.8 Å². The fourth-order valence-corrected chi connectivity index (χ4v) is 5.26. The van der Waals surface area contributed by atoms with Crippen molar-refractivity contribution in [2.24, 2.45) is 0 Å². The predicted octanol–water partition coefficient (Wildman–Crippen LogP) is 7.07. The summed E-state index contributed by atoms with van der Waals surface area (Å²) in [6.45, 7) is 4.33. The van der Waals surface area contributed by atoms with E-state index in [9.17, 15) is 0 Å². The lowest BCUT2D eigenvalue weighted by Crippen LogP contribution is -2.21. The van der Waals surface area contributed by atoms with Crippen molar-refractivity contribution in [3.63, 3.8) is 0 Å². The molecule has 0 N–H and O–H groups in total. The molecule has 1 atom stereocenters. The van der Waals surface area contributed by atoms with Crippen molar-refractivity contribution in [1.82, 2.24) is 0 Å². The van der Waals surface area contributed by atoms with Crippen molar-refractivity contribution < 1.29 is 8.39 Å². The van der Waals surface area contributed by atoms with Gasteiger partial charge in [0.2, 0.25) is 0 Å². The molecule has 0 fully saturated rings. The molecule has 0 aliphatic heterocycles. The second-order valence-electron chi connectivity index (χ2n) is 7.70. The first-order valence-electron chi connectivity index (χ1n) is 9.84. The van der Waals surface area contributed by atoms with E-state index in [0.717, 1.165) is 24.0 Å². The van der Waals surface area contributed by atoms with Gasteiger partial charge in [-0.1, -0.05) is 48.6 Å². The van der Waals surface area contributed by atoms with E-state index in [1.807, 2.05) is 0 Å². The average molecular weight is 389 g/mol. The summed E-state index contributed by atoms with van der Waals surface area (Å²) in [5.74, 6) is 0. The minimum atomic E-state index is -1.23. The maximum absolute atomic E-state index is 6.52.